The predicted octanol–water partition coefficient (Wildman–Crippen LogP) is 7.87. The quantitative estimate of drug-likeness (QED) is 0.0983. The minimum absolute atomic E-state index is 0.0422. The van der Waals surface area contributed by atoms with E-state index in [4.69, 9.17) is 5.26 Å². The normalized spacial score (nSPS) is 12.4. The van der Waals surface area contributed by atoms with E-state index in [0.717, 1.165) is 12.8 Å². The van der Waals surface area contributed by atoms with Gasteiger partial charge in [-0.25, -0.2) is 5.26 Å². The molecule has 0 fully saturated rings. The Hall–Kier alpha value is -0.950. The van der Waals surface area contributed by atoms with E-state index in [1.165, 1.54) is 95.6 Å². The maximum atomic E-state index is 12.3. The van der Waals surface area contributed by atoms with Gasteiger partial charge in [-0.3, -0.25) is 0 Å². The molecule has 0 aromatic heterocycles. The van der Waals surface area contributed by atoms with E-state index < -0.39 is 0 Å². The van der Waals surface area contributed by atoms with E-state index >= 15 is 0 Å². The highest BCUT2D eigenvalue weighted by Gasteiger charge is 2.12. The Morgan fingerprint density at radius 2 is 1.37 bits per heavy atom. The molecule has 1 unspecified atom stereocenters. The maximum Gasteiger partial charge on any atom is 0.131 e. The predicted molar refractivity (Wildman–Crippen MR) is 122 cm³/mol. The molecule has 0 amide bonds. The van der Waals surface area contributed by atoms with Gasteiger partial charge in [-0.2, -0.15) is 0 Å². The molecule has 30 heavy (non-hydrogen) atoms. The summed E-state index contributed by atoms with van der Waals surface area (Å²) in [5.41, 5.74) is 0.622. The van der Waals surface area contributed by atoms with Crippen LogP contribution in [0.3, 0.4) is 0 Å². The largest absolute Gasteiger partial charge is 0.872 e. The smallest absolute Gasteiger partial charge is 0.131 e. The highest BCUT2D eigenvalue weighted by atomic mass is 32.2. The van der Waals surface area contributed by atoms with Gasteiger partial charge in [0.1, 0.15) is 5.75 Å². The third-order valence-electron chi connectivity index (χ3n) is 5.77. The molecular weight excluding hydrogens is 400 g/mol. The lowest BCUT2D eigenvalue weighted by molar-refractivity contribution is -0.432. The summed E-state index contributed by atoms with van der Waals surface area (Å²) in [6.07, 6.45) is 19.6. The van der Waals surface area contributed by atoms with Gasteiger partial charge in [0.05, 0.1) is 16.9 Å². The topological polar surface area (TPSA) is 82.0 Å². The van der Waals surface area contributed by atoms with Crippen molar-refractivity contribution in [1.29, 1.82) is 0 Å². The van der Waals surface area contributed by atoms with E-state index in [0.29, 0.717) is 17.6 Å². The van der Waals surface area contributed by atoms with E-state index in [1.807, 2.05) is 6.92 Å². The molecule has 1 atom stereocenters. The van der Waals surface area contributed by atoms with Crippen molar-refractivity contribution < 1.29 is 24.8 Å². The fraction of sp³-hybridized carbons (Fsp3) is 0.750. The standard InChI is InChI=1S/C24H42O5S/c1-3-4-5-6-7-8-9-10-11-12-13-14-15-16-17-20(2)21-18-23(26)24(19-22(21)25)30-29-28-27/h18-20,25-27H,3-17H2,1-2H3/p-1. The molecule has 1 rings (SSSR count). The molecule has 0 saturated heterocycles. The molecule has 0 spiro atoms. The number of hydrogen-bond acceptors (Lipinski definition) is 6. The van der Waals surface area contributed by atoms with Crippen molar-refractivity contribution in [2.24, 2.45) is 0 Å². The molecule has 1 aromatic carbocycles. The minimum atomic E-state index is -0.130. The molecule has 0 bridgehead atoms. The molecule has 0 aliphatic carbocycles. The Balaban J connectivity index is 2.07. The van der Waals surface area contributed by atoms with Crippen LogP contribution < -0.4 is 5.11 Å². The third-order valence-corrected chi connectivity index (χ3v) is 6.40. The molecule has 0 saturated carbocycles. The SMILES string of the molecule is CCCCCCCCCCCCCCCCC(C)c1cc(O)c(SOOO)cc1[O-]. The van der Waals surface area contributed by atoms with Crippen LogP contribution in [0.25, 0.3) is 0 Å². The summed E-state index contributed by atoms with van der Waals surface area (Å²) in [6, 6.07) is 2.82. The lowest BCUT2D eigenvalue weighted by Crippen LogP contribution is -2.02. The fourth-order valence-corrected chi connectivity index (χ4v) is 4.27. The van der Waals surface area contributed by atoms with Crippen LogP contribution >= 0.6 is 12.0 Å². The van der Waals surface area contributed by atoms with E-state index in [2.05, 4.69) is 16.3 Å². The first-order valence-corrected chi connectivity index (χ1v) is 12.5. The fourth-order valence-electron chi connectivity index (χ4n) is 3.87. The van der Waals surface area contributed by atoms with Crippen LogP contribution in [0, 0.1) is 0 Å². The number of hydrogen-bond donors (Lipinski definition) is 2. The number of aromatic hydroxyl groups is 1. The molecule has 174 valence electrons. The highest BCUT2D eigenvalue weighted by molar-refractivity contribution is 7.94. The monoisotopic (exact) mass is 441 g/mol. The average Bonchev–Trinajstić information content (AvgIpc) is 2.74. The van der Waals surface area contributed by atoms with Crippen LogP contribution in [-0.2, 0) is 9.37 Å². The number of phenolic OH excluding ortho intramolecular Hbond substituents is 1. The number of unbranched alkanes of at least 4 members (excludes halogenated alkanes) is 13. The first-order valence-electron chi connectivity index (χ1n) is 11.8. The molecule has 6 heteroatoms. The average molecular weight is 442 g/mol. The minimum Gasteiger partial charge on any atom is -0.872 e. The third kappa shape index (κ3) is 12.0. The summed E-state index contributed by atoms with van der Waals surface area (Å²) in [6.45, 7) is 4.29. The Morgan fingerprint density at radius 3 is 1.87 bits per heavy atom. The first-order chi connectivity index (χ1) is 14.6. The van der Waals surface area contributed by atoms with Crippen LogP contribution in [0.5, 0.6) is 11.5 Å². The van der Waals surface area contributed by atoms with Crippen molar-refractivity contribution in [2.45, 2.75) is 121 Å². The summed E-state index contributed by atoms with van der Waals surface area (Å²) in [7, 11) is 0. The van der Waals surface area contributed by atoms with Crippen LogP contribution in [0.4, 0.5) is 0 Å². The van der Waals surface area contributed by atoms with Gasteiger partial charge in [0, 0.05) is 0 Å². The van der Waals surface area contributed by atoms with Gasteiger partial charge in [0.2, 0.25) is 0 Å². The number of rotatable bonds is 19. The zero-order valence-corrected chi connectivity index (χ0v) is 19.7. The van der Waals surface area contributed by atoms with Crippen LogP contribution in [0.15, 0.2) is 17.0 Å². The van der Waals surface area contributed by atoms with Crippen LogP contribution in [0.1, 0.15) is 122 Å². The van der Waals surface area contributed by atoms with Crippen molar-refractivity contribution in [3.8, 4) is 11.5 Å². The molecular formula is C24H41O5S-. The van der Waals surface area contributed by atoms with Crippen molar-refractivity contribution in [1.82, 2.24) is 0 Å². The van der Waals surface area contributed by atoms with Gasteiger partial charge in [-0.15, -0.1) is 10.1 Å². The molecule has 0 aliphatic rings. The molecule has 0 aliphatic heterocycles. The number of benzene rings is 1. The summed E-state index contributed by atoms with van der Waals surface area (Å²) < 4.78 is 4.29. The van der Waals surface area contributed by atoms with Crippen molar-refractivity contribution in [3.63, 3.8) is 0 Å². The van der Waals surface area contributed by atoms with Crippen molar-refractivity contribution in [2.75, 3.05) is 0 Å². The van der Waals surface area contributed by atoms with Gasteiger partial charge in [0.25, 0.3) is 0 Å². The number of phenols is 1. The zero-order valence-electron chi connectivity index (χ0n) is 18.9. The zero-order chi connectivity index (χ0) is 22.0. The maximum absolute atomic E-state index is 12.3. The van der Waals surface area contributed by atoms with Gasteiger partial charge < -0.3 is 10.2 Å². The lowest BCUT2D eigenvalue weighted by atomic mass is 9.93. The second-order valence-corrected chi connectivity index (χ2v) is 9.11. The van der Waals surface area contributed by atoms with Crippen molar-refractivity contribution in [3.05, 3.63) is 17.7 Å². The first kappa shape index (κ1) is 27.1. The van der Waals surface area contributed by atoms with Crippen molar-refractivity contribution >= 4 is 12.0 Å². The summed E-state index contributed by atoms with van der Waals surface area (Å²) in [4.78, 5) is 0.224. The molecule has 2 N–H and O–H groups in total. The second kappa shape index (κ2) is 17.7. The Bertz CT molecular complexity index is 553. The van der Waals surface area contributed by atoms with Crippen LogP contribution in [0.2, 0.25) is 0 Å². The van der Waals surface area contributed by atoms with E-state index in [9.17, 15) is 10.2 Å². The van der Waals surface area contributed by atoms with Crippen LogP contribution in [-0.4, -0.2) is 10.4 Å². The van der Waals surface area contributed by atoms with E-state index in [-0.39, 0.29) is 22.3 Å². The van der Waals surface area contributed by atoms with Gasteiger partial charge in [0.15, 0.2) is 0 Å². The van der Waals surface area contributed by atoms with Gasteiger partial charge in [-0.05, 0) is 24.0 Å². The van der Waals surface area contributed by atoms with Gasteiger partial charge >= 0.3 is 0 Å². The molecule has 1 aromatic rings. The molecule has 0 heterocycles. The Morgan fingerprint density at radius 1 is 0.867 bits per heavy atom. The lowest BCUT2D eigenvalue weighted by Gasteiger charge is -2.21. The summed E-state index contributed by atoms with van der Waals surface area (Å²) >= 11 is 0.598. The highest BCUT2D eigenvalue weighted by Crippen LogP contribution is 2.38. The molecule has 0 radical (unpaired) electrons. The molecule has 5 nitrogen and oxygen atoms in total. The Kier molecular flexibility index (Phi) is 16.0. The summed E-state index contributed by atoms with van der Waals surface area (Å²) in [5, 5.41) is 34.0. The Labute approximate surface area is 187 Å². The van der Waals surface area contributed by atoms with E-state index in [1.54, 1.807) is 0 Å². The summed E-state index contributed by atoms with van der Waals surface area (Å²) in [5.74, 6) is -0.0658. The van der Waals surface area contributed by atoms with Gasteiger partial charge in [-0.1, -0.05) is 115 Å². The second-order valence-electron chi connectivity index (χ2n) is 8.37.